The summed E-state index contributed by atoms with van der Waals surface area (Å²) in [5.41, 5.74) is -0.0605. The number of furan rings is 1. The molecule has 176 valence electrons. The third-order valence-electron chi connectivity index (χ3n) is 5.59. The SMILES string of the molecule is CC(C)(C)c1cnc(CN2CCCN(C(=O)c3ccc(COc4ccc(Cl)cc4)o3)CC2)o1. The average molecular weight is 472 g/mol. The highest BCUT2D eigenvalue weighted by Crippen LogP contribution is 2.23. The number of halogens is 1. The molecule has 0 bridgehead atoms. The van der Waals surface area contributed by atoms with Gasteiger partial charge in [-0.2, -0.15) is 0 Å². The average Bonchev–Trinajstić information content (AvgIpc) is 3.39. The summed E-state index contributed by atoms with van der Waals surface area (Å²) in [6.45, 7) is 10.2. The maximum atomic E-state index is 13.0. The molecule has 3 aromatic rings. The lowest BCUT2D eigenvalue weighted by Gasteiger charge is -2.20. The summed E-state index contributed by atoms with van der Waals surface area (Å²) >= 11 is 5.89. The molecule has 7 nitrogen and oxygen atoms in total. The number of carbonyl (C=O) groups excluding carboxylic acids is 1. The summed E-state index contributed by atoms with van der Waals surface area (Å²) in [4.78, 5) is 21.5. The fourth-order valence-electron chi connectivity index (χ4n) is 3.67. The quantitative estimate of drug-likeness (QED) is 0.495. The molecule has 1 saturated heterocycles. The van der Waals surface area contributed by atoms with Crippen LogP contribution in [0.3, 0.4) is 0 Å². The minimum absolute atomic E-state index is 0.0605. The van der Waals surface area contributed by atoms with E-state index in [1.165, 1.54) is 0 Å². The van der Waals surface area contributed by atoms with Crippen molar-refractivity contribution in [2.75, 3.05) is 26.2 Å². The van der Waals surface area contributed by atoms with Crippen LogP contribution in [0.1, 0.15) is 55.2 Å². The number of ether oxygens (including phenoxy) is 1. The normalized spacial score (nSPS) is 15.5. The first-order valence-electron chi connectivity index (χ1n) is 11.2. The molecular weight excluding hydrogens is 442 g/mol. The summed E-state index contributed by atoms with van der Waals surface area (Å²) < 4.78 is 17.4. The zero-order chi connectivity index (χ0) is 23.4. The molecule has 2 aromatic heterocycles. The third kappa shape index (κ3) is 6.18. The Kier molecular flexibility index (Phi) is 7.10. The summed E-state index contributed by atoms with van der Waals surface area (Å²) in [6, 6.07) is 10.6. The van der Waals surface area contributed by atoms with Crippen molar-refractivity contribution in [1.82, 2.24) is 14.8 Å². The summed E-state index contributed by atoms with van der Waals surface area (Å²) in [6.07, 6.45) is 2.69. The van der Waals surface area contributed by atoms with Crippen LogP contribution in [0.4, 0.5) is 0 Å². The fourth-order valence-corrected chi connectivity index (χ4v) is 3.79. The first-order valence-corrected chi connectivity index (χ1v) is 11.6. The van der Waals surface area contributed by atoms with E-state index in [-0.39, 0.29) is 17.9 Å². The molecule has 1 aromatic carbocycles. The number of nitrogens with zero attached hydrogens (tertiary/aromatic N) is 3. The Hall–Kier alpha value is -2.77. The number of amides is 1. The van der Waals surface area contributed by atoms with Crippen LogP contribution < -0.4 is 4.74 Å². The summed E-state index contributed by atoms with van der Waals surface area (Å²) in [5, 5.41) is 0.652. The lowest BCUT2D eigenvalue weighted by Crippen LogP contribution is -2.35. The second-order valence-corrected chi connectivity index (χ2v) is 9.74. The van der Waals surface area contributed by atoms with Gasteiger partial charge in [0.2, 0.25) is 5.89 Å². The molecule has 3 heterocycles. The zero-order valence-electron chi connectivity index (χ0n) is 19.3. The van der Waals surface area contributed by atoms with E-state index in [2.05, 4.69) is 30.7 Å². The molecule has 1 aliphatic heterocycles. The van der Waals surface area contributed by atoms with Crippen molar-refractivity contribution in [2.24, 2.45) is 0 Å². The topological polar surface area (TPSA) is 72.0 Å². The second kappa shape index (κ2) is 10.0. The van der Waals surface area contributed by atoms with Gasteiger partial charge in [0.25, 0.3) is 5.91 Å². The lowest BCUT2D eigenvalue weighted by atomic mass is 9.94. The molecule has 0 spiro atoms. The number of hydrogen-bond donors (Lipinski definition) is 0. The fraction of sp³-hybridized carbons (Fsp3) is 0.440. The Morgan fingerprint density at radius 2 is 1.85 bits per heavy atom. The van der Waals surface area contributed by atoms with Crippen molar-refractivity contribution in [3.8, 4) is 5.75 Å². The van der Waals surface area contributed by atoms with Crippen LogP contribution in [-0.4, -0.2) is 46.9 Å². The Bertz CT molecular complexity index is 1070. The van der Waals surface area contributed by atoms with Gasteiger partial charge < -0.3 is 18.5 Å². The number of aromatic nitrogens is 1. The molecule has 0 aliphatic carbocycles. The monoisotopic (exact) mass is 471 g/mol. The van der Waals surface area contributed by atoms with Gasteiger partial charge in [0.05, 0.1) is 12.7 Å². The van der Waals surface area contributed by atoms with Gasteiger partial charge >= 0.3 is 0 Å². The summed E-state index contributed by atoms with van der Waals surface area (Å²) in [5.74, 6) is 3.13. The van der Waals surface area contributed by atoms with Crippen LogP contribution in [0.25, 0.3) is 0 Å². The Balaban J connectivity index is 1.29. The molecule has 0 radical (unpaired) electrons. The number of carbonyl (C=O) groups is 1. The molecule has 33 heavy (non-hydrogen) atoms. The first-order chi connectivity index (χ1) is 15.8. The van der Waals surface area contributed by atoms with Crippen molar-refractivity contribution in [3.05, 3.63) is 70.8 Å². The highest BCUT2D eigenvalue weighted by atomic mass is 35.5. The number of rotatable bonds is 6. The van der Waals surface area contributed by atoms with Gasteiger partial charge in [0.1, 0.15) is 23.9 Å². The number of hydrogen-bond acceptors (Lipinski definition) is 6. The van der Waals surface area contributed by atoms with Crippen molar-refractivity contribution in [3.63, 3.8) is 0 Å². The summed E-state index contributed by atoms with van der Waals surface area (Å²) in [7, 11) is 0. The molecule has 1 aliphatic rings. The van der Waals surface area contributed by atoms with Crippen LogP contribution in [0.5, 0.6) is 5.75 Å². The van der Waals surface area contributed by atoms with E-state index >= 15 is 0 Å². The maximum absolute atomic E-state index is 13.0. The Morgan fingerprint density at radius 1 is 1.06 bits per heavy atom. The molecule has 4 rings (SSSR count). The van der Waals surface area contributed by atoms with Crippen molar-refractivity contribution in [2.45, 2.75) is 45.8 Å². The minimum atomic E-state index is -0.0965. The highest BCUT2D eigenvalue weighted by Gasteiger charge is 2.24. The van der Waals surface area contributed by atoms with E-state index in [9.17, 15) is 4.79 Å². The Morgan fingerprint density at radius 3 is 2.58 bits per heavy atom. The van der Waals surface area contributed by atoms with Gasteiger partial charge in [-0.1, -0.05) is 32.4 Å². The van der Waals surface area contributed by atoms with Crippen LogP contribution >= 0.6 is 11.6 Å². The van der Waals surface area contributed by atoms with Crippen LogP contribution in [0, 0.1) is 0 Å². The van der Waals surface area contributed by atoms with E-state index < -0.39 is 0 Å². The van der Waals surface area contributed by atoms with Crippen molar-refractivity contribution in [1.29, 1.82) is 0 Å². The largest absolute Gasteiger partial charge is 0.486 e. The molecule has 0 saturated carbocycles. The highest BCUT2D eigenvalue weighted by molar-refractivity contribution is 6.30. The van der Waals surface area contributed by atoms with Gasteiger partial charge in [0, 0.05) is 36.6 Å². The van der Waals surface area contributed by atoms with Gasteiger partial charge in [-0.05, 0) is 42.8 Å². The molecular formula is C25H30ClN3O4. The van der Waals surface area contributed by atoms with Crippen LogP contribution in [0.15, 0.2) is 51.4 Å². The molecule has 0 atom stereocenters. The zero-order valence-corrected chi connectivity index (χ0v) is 20.1. The van der Waals surface area contributed by atoms with E-state index in [0.717, 1.165) is 31.2 Å². The predicted molar refractivity (Wildman–Crippen MR) is 125 cm³/mol. The molecule has 1 amide bonds. The molecule has 0 unspecified atom stereocenters. The minimum Gasteiger partial charge on any atom is -0.486 e. The van der Waals surface area contributed by atoms with Crippen LogP contribution in [0.2, 0.25) is 5.02 Å². The molecule has 8 heteroatoms. The van der Waals surface area contributed by atoms with Gasteiger partial charge in [-0.25, -0.2) is 4.98 Å². The predicted octanol–water partition coefficient (Wildman–Crippen LogP) is 5.15. The lowest BCUT2D eigenvalue weighted by molar-refractivity contribution is 0.0724. The second-order valence-electron chi connectivity index (χ2n) is 9.30. The van der Waals surface area contributed by atoms with Crippen molar-refractivity contribution < 1.29 is 18.4 Å². The standard InChI is InChI=1S/C25H30ClN3O4/c1-25(2,3)22-15-27-23(33-22)16-28-11-4-12-29(14-13-28)24(30)21-10-9-20(32-21)17-31-19-7-5-18(26)6-8-19/h5-10,15H,4,11-14,16-17H2,1-3H3. The van der Waals surface area contributed by atoms with Gasteiger partial charge in [-0.15, -0.1) is 0 Å². The van der Waals surface area contributed by atoms with E-state index in [0.29, 0.717) is 41.9 Å². The maximum Gasteiger partial charge on any atom is 0.289 e. The molecule has 1 fully saturated rings. The van der Waals surface area contributed by atoms with E-state index in [1.54, 1.807) is 36.4 Å². The van der Waals surface area contributed by atoms with Gasteiger partial charge in [-0.3, -0.25) is 9.69 Å². The molecule has 0 N–H and O–H groups in total. The van der Waals surface area contributed by atoms with Gasteiger partial charge in [0.15, 0.2) is 5.76 Å². The number of benzene rings is 1. The van der Waals surface area contributed by atoms with Crippen molar-refractivity contribution >= 4 is 17.5 Å². The third-order valence-corrected chi connectivity index (χ3v) is 5.85. The van der Waals surface area contributed by atoms with E-state index in [4.69, 9.17) is 25.2 Å². The number of oxazole rings is 1. The first kappa shape index (κ1) is 23.4. The van der Waals surface area contributed by atoms with E-state index in [1.807, 2.05) is 11.1 Å². The van der Waals surface area contributed by atoms with Crippen LogP contribution in [-0.2, 0) is 18.6 Å². The smallest absolute Gasteiger partial charge is 0.289 e. The Labute approximate surface area is 199 Å².